The van der Waals surface area contributed by atoms with E-state index in [9.17, 15) is 9.59 Å². The zero-order valence-electron chi connectivity index (χ0n) is 12.9. The minimum atomic E-state index is -0.848. The summed E-state index contributed by atoms with van der Waals surface area (Å²) in [5, 5.41) is 2.71. The Bertz CT molecular complexity index is 640. The van der Waals surface area contributed by atoms with E-state index in [0.29, 0.717) is 23.6 Å². The van der Waals surface area contributed by atoms with Crippen LogP contribution in [0.5, 0.6) is 11.5 Å². The van der Waals surface area contributed by atoms with Gasteiger partial charge in [0.15, 0.2) is 17.6 Å². The number of carbonyl (C=O) groups is 2. The van der Waals surface area contributed by atoms with Crippen LogP contribution in [0.1, 0.15) is 26.2 Å². The first kappa shape index (κ1) is 15.4. The molecular weight excluding hydrogens is 298 g/mol. The van der Waals surface area contributed by atoms with Crippen molar-refractivity contribution >= 4 is 17.6 Å². The summed E-state index contributed by atoms with van der Waals surface area (Å²) < 4.78 is 15.8. The van der Waals surface area contributed by atoms with Crippen molar-refractivity contribution in [1.29, 1.82) is 0 Å². The molecule has 0 aromatic heterocycles. The standard InChI is InChI=1S/C17H19NO5/c1-11(23-17(20)12-5-3-2-4-6-12)16(19)18-13-7-8-14-15(9-13)22-10-21-14/h2-3,7-9,11-12H,4-6,10H2,1H3,(H,18,19). The molecule has 0 bridgehead atoms. The van der Waals surface area contributed by atoms with Crippen LogP contribution in [0.25, 0.3) is 0 Å². The van der Waals surface area contributed by atoms with Gasteiger partial charge >= 0.3 is 5.97 Å². The number of fused-ring (bicyclic) bond motifs is 1. The summed E-state index contributed by atoms with van der Waals surface area (Å²) in [5.41, 5.74) is 0.572. The maximum atomic E-state index is 12.2. The summed E-state index contributed by atoms with van der Waals surface area (Å²) in [7, 11) is 0. The summed E-state index contributed by atoms with van der Waals surface area (Å²) in [6, 6.07) is 5.12. The number of carbonyl (C=O) groups excluding carboxylic acids is 2. The topological polar surface area (TPSA) is 73.9 Å². The zero-order chi connectivity index (χ0) is 16.2. The molecule has 0 radical (unpaired) electrons. The molecule has 122 valence electrons. The largest absolute Gasteiger partial charge is 0.454 e. The molecule has 2 atom stereocenters. The van der Waals surface area contributed by atoms with Crippen molar-refractivity contribution < 1.29 is 23.8 Å². The fourth-order valence-electron chi connectivity index (χ4n) is 2.55. The second-order valence-electron chi connectivity index (χ2n) is 5.62. The van der Waals surface area contributed by atoms with E-state index in [1.165, 1.54) is 0 Å². The minimum Gasteiger partial charge on any atom is -0.454 e. The molecule has 1 amide bonds. The van der Waals surface area contributed by atoms with Crippen molar-refractivity contribution in [1.82, 2.24) is 0 Å². The summed E-state index contributed by atoms with van der Waals surface area (Å²) in [6.07, 6.45) is 5.50. The SMILES string of the molecule is CC(OC(=O)C1CC=CCC1)C(=O)Nc1ccc2c(c1)OCO2. The first-order chi connectivity index (χ1) is 11.1. The molecule has 0 saturated carbocycles. The number of ether oxygens (including phenoxy) is 3. The molecular formula is C17H19NO5. The summed E-state index contributed by atoms with van der Waals surface area (Å²) in [6.45, 7) is 1.75. The number of esters is 1. The van der Waals surface area contributed by atoms with Crippen LogP contribution < -0.4 is 14.8 Å². The van der Waals surface area contributed by atoms with Gasteiger partial charge in [-0.1, -0.05) is 12.2 Å². The number of benzene rings is 1. The quantitative estimate of drug-likeness (QED) is 0.682. The number of amides is 1. The van der Waals surface area contributed by atoms with E-state index in [4.69, 9.17) is 14.2 Å². The van der Waals surface area contributed by atoms with Gasteiger partial charge in [0.05, 0.1) is 5.92 Å². The lowest BCUT2D eigenvalue weighted by atomic mass is 9.95. The van der Waals surface area contributed by atoms with E-state index < -0.39 is 6.10 Å². The third-order valence-corrected chi connectivity index (χ3v) is 3.90. The molecule has 3 rings (SSSR count). The first-order valence-electron chi connectivity index (χ1n) is 7.69. The Morgan fingerprint density at radius 3 is 2.87 bits per heavy atom. The van der Waals surface area contributed by atoms with Crippen molar-refractivity contribution in [3.63, 3.8) is 0 Å². The minimum absolute atomic E-state index is 0.152. The van der Waals surface area contributed by atoms with Crippen LogP contribution in [0.4, 0.5) is 5.69 Å². The Morgan fingerprint density at radius 1 is 1.26 bits per heavy atom. The molecule has 6 heteroatoms. The molecule has 0 spiro atoms. The molecule has 2 unspecified atom stereocenters. The van der Waals surface area contributed by atoms with E-state index in [1.54, 1.807) is 25.1 Å². The van der Waals surface area contributed by atoms with E-state index in [0.717, 1.165) is 12.8 Å². The maximum Gasteiger partial charge on any atom is 0.310 e. The first-order valence-corrected chi connectivity index (χ1v) is 7.69. The average molecular weight is 317 g/mol. The molecule has 2 aliphatic rings. The van der Waals surface area contributed by atoms with Gasteiger partial charge in [-0.3, -0.25) is 9.59 Å². The Labute approximate surface area is 134 Å². The van der Waals surface area contributed by atoms with Gasteiger partial charge < -0.3 is 19.5 Å². The van der Waals surface area contributed by atoms with E-state index in [-0.39, 0.29) is 24.6 Å². The molecule has 1 aromatic carbocycles. The van der Waals surface area contributed by atoms with E-state index in [1.807, 2.05) is 6.08 Å². The van der Waals surface area contributed by atoms with Crippen LogP contribution in [0.2, 0.25) is 0 Å². The third-order valence-electron chi connectivity index (χ3n) is 3.90. The lowest BCUT2D eigenvalue weighted by Crippen LogP contribution is -2.32. The van der Waals surface area contributed by atoms with Crippen molar-refractivity contribution in [3.05, 3.63) is 30.4 Å². The number of allylic oxidation sites excluding steroid dienone is 2. The second kappa shape index (κ2) is 6.73. The predicted molar refractivity (Wildman–Crippen MR) is 83.2 cm³/mol. The Morgan fingerprint density at radius 2 is 2.09 bits per heavy atom. The van der Waals surface area contributed by atoms with Gasteiger partial charge in [-0.15, -0.1) is 0 Å². The van der Waals surface area contributed by atoms with Crippen LogP contribution in [-0.2, 0) is 14.3 Å². The monoisotopic (exact) mass is 317 g/mol. The molecule has 1 aromatic rings. The highest BCUT2D eigenvalue weighted by Gasteiger charge is 2.25. The van der Waals surface area contributed by atoms with E-state index in [2.05, 4.69) is 11.4 Å². The number of rotatable bonds is 4. The van der Waals surface area contributed by atoms with Gasteiger partial charge in [0, 0.05) is 11.8 Å². The van der Waals surface area contributed by atoms with Gasteiger partial charge in [0.1, 0.15) is 0 Å². The molecule has 1 aliphatic heterocycles. The predicted octanol–water partition coefficient (Wildman–Crippen LogP) is 2.64. The van der Waals surface area contributed by atoms with Gasteiger partial charge in [0.25, 0.3) is 5.91 Å². The normalized spacial score (nSPS) is 20.0. The molecule has 1 heterocycles. The van der Waals surface area contributed by atoms with Crippen LogP contribution in [0.3, 0.4) is 0 Å². The fraction of sp³-hybridized carbons (Fsp3) is 0.412. The van der Waals surface area contributed by atoms with Crippen LogP contribution in [0, 0.1) is 5.92 Å². The summed E-state index contributed by atoms with van der Waals surface area (Å²) in [4.78, 5) is 24.2. The maximum absolute atomic E-state index is 12.2. The van der Waals surface area contributed by atoms with Crippen molar-refractivity contribution in [3.8, 4) is 11.5 Å². The highest BCUT2D eigenvalue weighted by molar-refractivity contribution is 5.95. The number of anilines is 1. The lowest BCUT2D eigenvalue weighted by molar-refractivity contribution is -0.157. The number of hydrogen-bond acceptors (Lipinski definition) is 5. The summed E-state index contributed by atoms with van der Waals surface area (Å²) >= 11 is 0. The highest BCUT2D eigenvalue weighted by atomic mass is 16.7. The van der Waals surface area contributed by atoms with Crippen LogP contribution in [0.15, 0.2) is 30.4 Å². The Kier molecular flexibility index (Phi) is 4.50. The summed E-state index contributed by atoms with van der Waals surface area (Å²) in [5.74, 6) is 0.390. The van der Waals surface area contributed by atoms with Crippen molar-refractivity contribution in [2.45, 2.75) is 32.3 Å². The van der Waals surface area contributed by atoms with Gasteiger partial charge in [-0.05, 0) is 38.3 Å². The molecule has 6 nitrogen and oxygen atoms in total. The fourth-order valence-corrected chi connectivity index (χ4v) is 2.55. The zero-order valence-corrected chi connectivity index (χ0v) is 12.9. The van der Waals surface area contributed by atoms with Gasteiger partial charge in [-0.2, -0.15) is 0 Å². The van der Waals surface area contributed by atoms with E-state index >= 15 is 0 Å². The third kappa shape index (κ3) is 3.64. The Hall–Kier alpha value is -2.50. The average Bonchev–Trinajstić information content (AvgIpc) is 3.03. The second-order valence-corrected chi connectivity index (χ2v) is 5.62. The molecule has 0 fully saturated rings. The molecule has 1 aliphatic carbocycles. The molecule has 23 heavy (non-hydrogen) atoms. The lowest BCUT2D eigenvalue weighted by Gasteiger charge is -2.19. The van der Waals surface area contributed by atoms with Crippen molar-refractivity contribution in [2.75, 3.05) is 12.1 Å². The van der Waals surface area contributed by atoms with Crippen molar-refractivity contribution in [2.24, 2.45) is 5.92 Å². The number of nitrogens with one attached hydrogen (secondary N) is 1. The number of hydrogen-bond donors (Lipinski definition) is 1. The van der Waals surface area contributed by atoms with Gasteiger partial charge in [-0.25, -0.2) is 0 Å². The van der Waals surface area contributed by atoms with Crippen LogP contribution >= 0.6 is 0 Å². The Balaban J connectivity index is 1.55. The molecule has 0 saturated heterocycles. The highest BCUT2D eigenvalue weighted by Crippen LogP contribution is 2.34. The van der Waals surface area contributed by atoms with Gasteiger partial charge in [0.2, 0.25) is 6.79 Å². The molecule has 1 N–H and O–H groups in total. The van der Waals surface area contributed by atoms with Crippen LogP contribution in [-0.4, -0.2) is 24.8 Å². The smallest absolute Gasteiger partial charge is 0.310 e.